The van der Waals surface area contributed by atoms with Gasteiger partial charge in [0.05, 0.1) is 12.8 Å². The van der Waals surface area contributed by atoms with E-state index in [4.69, 9.17) is 16.2 Å². The fourth-order valence-corrected chi connectivity index (χ4v) is 1.75. The number of nitrogens with two attached hydrogens (primary N) is 2. The topological polar surface area (TPSA) is 86.0 Å². The van der Waals surface area contributed by atoms with Crippen molar-refractivity contribution in [3.05, 3.63) is 35.4 Å². The number of nitrogens with zero attached hydrogens (tertiary/aromatic N) is 2. The lowest BCUT2D eigenvalue weighted by atomic mass is 10.1. The van der Waals surface area contributed by atoms with E-state index in [1.165, 1.54) is 19.3 Å². The van der Waals surface area contributed by atoms with Gasteiger partial charge in [-0.1, -0.05) is 44.4 Å². The molecule has 0 unspecified atom stereocenters. The van der Waals surface area contributed by atoms with Crippen molar-refractivity contribution >= 4 is 12.2 Å². The van der Waals surface area contributed by atoms with E-state index in [0.29, 0.717) is 6.61 Å². The Morgan fingerprint density at radius 2 is 2.10 bits per heavy atom. The maximum absolute atomic E-state index is 5.65. The zero-order chi connectivity index (χ0) is 14.6. The highest BCUT2D eigenvalue weighted by atomic mass is 16.5. The van der Waals surface area contributed by atoms with Gasteiger partial charge in [0.15, 0.2) is 0 Å². The minimum atomic E-state index is -0.0483. The van der Waals surface area contributed by atoms with Gasteiger partial charge in [-0.2, -0.15) is 5.10 Å². The second kappa shape index (κ2) is 9.97. The number of rotatable bonds is 9. The summed E-state index contributed by atoms with van der Waals surface area (Å²) in [6.07, 6.45) is 6.50. The zero-order valence-electron chi connectivity index (χ0n) is 12.1. The quantitative estimate of drug-likeness (QED) is 0.314. The summed E-state index contributed by atoms with van der Waals surface area (Å²) in [5.74, 6) is -0.0483. The summed E-state index contributed by atoms with van der Waals surface area (Å²) in [5, 5.41) is 7.35. The fraction of sp³-hybridized carbons (Fsp3) is 0.467. The maximum atomic E-state index is 5.65. The first kappa shape index (κ1) is 16.2. The van der Waals surface area contributed by atoms with Crippen molar-refractivity contribution in [1.29, 1.82) is 0 Å². The molecule has 0 aliphatic heterocycles. The molecule has 0 bridgehead atoms. The van der Waals surface area contributed by atoms with E-state index in [-0.39, 0.29) is 5.96 Å². The molecule has 0 amide bonds. The van der Waals surface area contributed by atoms with Gasteiger partial charge in [0, 0.05) is 6.61 Å². The molecule has 0 aromatic heterocycles. The smallest absolute Gasteiger partial charge is 0.211 e. The van der Waals surface area contributed by atoms with Crippen LogP contribution in [0, 0.1) is 0 Å². The summed E-state index contributed by atoms with van der Waals surface area (Å²) in [6.45, 7) is 3.64. The average molecular weight is 276 g/mol. The molecule has 20 heavy (non-hydrogen) atoms. The summed E-state index contributed by atoms with van der Waals surface area (Å²) in [7, 11) is 0. The van der Waals surface area contributed by atoms with Crippen molar-refractivity contribution in [3.8, 4) is 0 Å². The molecule has 0 atom stereocenters. The number of guanidine groups is 1. The van der Waals surface area contributed by atoms with Crippen LogP contribution in [-0.2, 0) is 11.3 Å². The van der Waals surface area contributed by atoms with Crippen LogP contribution in [0.3, 0.4) is 0 Å². The minimum absolute atomic E-state index is 0.0483. The molecule has 0 fully saturated rings. The molecule has 110 valence electrons. The van der Waals surface area contributed by atoms with Gasteiger partial charge in [0.1, 0.15) is 0 Å². The molecular weight excluding hydrogens is 252 g/mol. The van der Waals surface area contributed by atoms with E-state index in [2.05, 4.69) is 17.1 Å². The molecule has 5 heteroatoms. The molecule has 0 saturated carbocycles. The summed E-state index contributed by atoms with van der Waals surface area (Å²) >= 11 is 0. The third-order valence-electron chi connectivity index (χ3n) is 2.74. The van der Waals surface area contributed by atoms with Crippen LogP contribution in [0.4, 0.5) is 0 Å². The Kier molecular flexibility index (Phi) is 8.07. The van der Waals surface area contributed by atoms with Crippen molar-refractivity contribution in [1.82, 2.24) is 0 Å². The Morgan fingerprint density at radius 3 is 2.85 bits per heavy atom. The molecule has 0 radical (unpaired) electrons. The monoisotopic (exact) mass is 276 g/mol. The first-order valence-electron chi connectivity index (χ1n) is 7.01. The molecule has 0 aliphatic rings. The molecule has 4 N–H and O–H groups in total. The fourth-order valence-electron chi connectivity index (χ4n) is 1.75. The standard InChI is InChI=1S/C15H24N4O/c1-2-3-4-5-9-20-12-14-8-6-7-13(10-14)11-18-19-15(16)17/h6-8,10-11H,2-5,9,12H2,1H3,(H4,16,17,19). The molecule has 0 saturated heterocycles. The van der Waals surface area contributed by atoms with E-state index < -0.39 is 0 Å². The van der Waals surface area contributed by atoms with Gasteiger partial charge in [-0.3, -0.25) is 0 Å². The Balaban J connectivity index is 2.36. The Hall–Kier alpha value is -1.88. The molecule has 0 spiro atoms. The van der Waals surface area contributed by atoms with Crippen LogP contribution in [-0.4, -0.2) is 18.8 Å². The van der Waals surface area contributed by atoms with E-state index in [1.807, 2.05) is 24.3 Å². The van der Waals surface area contributed by atoms with E-state index >= 15 is 0 Å². The summed E-state index contributed by atoms with van der Waals surface area (Å²) in [4.78, 5) is 0. The molecule has 0 heterocycles. The number of ether oxygens (including phenoxy) is 1. The van der Waals surface area contributed by atoms with Crippen LogP contribution in [0.2, 0.25) is 0 Å². The molecule has 5 nitrogen and oxygen atoms in total. The predicted octanol–water partition coefficient (Wildman–Crippen LogP) is 2.39. The lowest BCUT2D eigenvalue weighted by Crippen LogP contribution is -2.21. The van der Waals surface area contributed by atoms with Crippen molar-refractivity contribution in [2.45, 2.75) is 39.2 Å². The van der Waals surface area contributed by atoms with Gasteiger partial charge in [-0.05, 0) is 23.6 Å². The highest BCUT2D eigenvalue weighted by Gasteiger charge is 1.95. The van der Waals surface area contributed by atoms with E-state index in [0.717, 1.165) is 24.2 Å². The van der Waals surface area contributed by atoms with Gasteiger partial charge in [0.2, 0.25) is 5.96 Å². The largest absolute Gasteiger partial charge is 0.377 e. The first-order valence-corrected chi connectivity index (χ1v) is 7.01. The second-order valence-corrected chi connectivity index (χ2v) is 4.63. The molecule has 1 rings (SSSR count). The normalized spacial score (nSPS) is 10.8. The number of hydrogen-bond donors (Lipinski definition) is 2. The Labute approximate surface area is 120 Å². The van der Waals surface area contributed by atoms with Crippen molar-refractivity contribution in [2.75, 3.05) is 6.61 Å². The average Bonchev–Trinajstić information content (AvgIpc) is 2.43. The molecule has 1 aromatic rings. The lowest BCUT2D eigenvalue weighted by Gasteiger charge is -2.05. The van der Waals surface area contributed by atoms with Gasteiger partial charge in [-0.25, -0.2) is 0 Å². The van der Waals surface area contributed by atoms with Gasteiger partial charge < -0.3 is 16.2 Å². The highest BCUT2D eigenvalue weighted by Crippen LogP contribution is 2.06. The highest BCUT2D eigenvalue weighted by molar-refractivity contribution is 5.81. The Morgan fingerprint density at radius 1 is 1.25 bits per heavy atom. The lowest BCUT2D eigenvalue weighted by molar-refractivity contribution is 0.117. The summed E-state index contributed by atoms with van der Waals surface area (Å²) in [6, 6.07) is 7.95. The van der Waals surface area contributed by atoms with Crippen LogP contribution in [0.1, 0.15) is 43.7 Å². The van der Waals surface area contributed by atoms with E-state index in [1.54, 1.807) is 6.21 Å². The van der Waals surface area contributed by atoms with Crippen molar-refractivity contribution in [2.24, 2.45) is 21.7 Å². The maximum Gasteiger partial charge on any atom is 0.211 e. The predicted molar refractivity (Wildman–Crippen MR) is 83.6 cm³/mol. The summed E-state index contributed by atoms with van der Waals surface area (Å²) < 4.78 is 5.65. The van der Waals surface area contributed by atoms with Crippen LogP contribution in [0.5, 0.6) is 0 Å². The van der Waals surface area contributed by atoms with Crippen LogP contribution in [0.15, 0.2) is 34.5 Å². The number of hydrogen-bond acceptors (Lipinski definition) is 3. The van der Waals surface area contributed by atoms with Gasteiger partial charge in [-0.15, -0.1) is 5.10 Å². The van der Waals surface area contributed by atoms with Crippen LogP contribution < -0.4 is 11.5 Å². The number of benzene rings is 1. The van der Waals surface area contributed by atoms with Gasteiger partial charge in [0.25, 0.3) is 0 Å². The van der Waals surface area contributed by atoms with Crippen molar-refractivity contribution < 1.29 is 4.74 Å². The zero-order valence-corrected chi connectivity index (χ0v) is 12.1. The van der Waals surface area contributed by atoms with Gasteiger partial charge >= 0.3 is 0 Å². The molecule has 1 aromatic carbocycles. The van der Waals surface area contributed by atoms with Crippen LogP contribution in [0.25, 0.3) is 0 Å². The molecular formula is C15H24N4O. The number of unbranched alkanes of at least 4 members (excludes halogenated alkanes) is 3. The molecule has 0 aliphatic carbocycles. The van der Waals surface area contributed by atoms with Crippen LogP contribution >= 0.6 is 0 Å². The first-order chi connectivity index (χ1) is 9.72. The summed E-state index contributed by atoms with van der Waals surface area (Å²) in [5.41, 5.74) is 12.5. The third kappa shape index (κ3) is 7.53. The second-order valence-electron chi connectivity index (χ2n) is 4.63. The third-order valence-corrected chi connectivity index (χ3v) is 2.74. The van der Waals surface area contributed by atoms with Crippen molar-refractivity contribution in [3.63, 3.8) is 0 Å². The SMILES string of the molecule is CCCCCCOCc1cccc(C=NN=C(N)N)c1. The minimum Gasteiger partial charge on any atom is -0.377 e. The van der Waals surface area contributed by atoms with E-state index in [9.17, 15) is 0 Å². The Bertz CT molecular complexity index is 439.